The molecule has 0 heterocycles. The first kappa shape index (κ1) is 11.7. The van der Waals surface area contributed by atoms with Gasteiger partial charge in [0.1, 0.15) is 0 Å². The maximum atomic E-state index is 11.5. The Kier molecular flexibility index (Phi) is 4.31. The van der Waals surface area contributed by atoms with Crippen molar-refractivity contribution in [2.75, 3.05) is 6.54 Å². The van der Waals surface area contributed by atoms with Gasteiger partial charge in [0.2, 0.25) is 5.91 Å². The molecule has 0 bridgehead atoms. The third-order valence-electron chi connectivity index (χ3n) is 2.25. The normalized spacial score (nSPS) is 12.2. The van der Waals surface area contributed by atoms with Gasteiger partial charge in [0, 0.05) is 12.6 Å². The summed E-state index contributed by atoms with van der Waals surface area (Å²) in [5.74, 6) is 0.0248. The fraction of sp³-hybridized carbons (Fsp3) is 0.417. The maximum Gasteiger partial charge on any atom is 0.224 e. The van der Waals surface area contributed by atoms with Crippen molar-refractivity contribution in [3.05, 3.63) is 35.4 Å². The molecule has 0 unspecified atom stereocenters. The van der Waals surface area contributed by atoms with E-state index in [0.717, 1.165) is 5.56 Å². The summed E-state index contributed by atoms with van der Waals surface area (Å²) in [5.41, 5.74) is 7.65. The molecule has 15 heavy (non-hydrogen) atoms. The largest absolute Gasteiger partial charge is 0.352 e. The van der Waals surface area contributed by atoms with Crippen molar-refractivity contribution in [3.63, 3.8) is 0 Å². The van der Waals surface area contributed by atoms with Gasteiger partial charge in [-0.2, -0.15) is 0 Å². The Morgan fingerprint density at radius 3 is 2.53 bits per heavy atom. The van der Waals surface area contributed by atoms with Crippen LogP contribution >= 0.6 is 0 Å². The standard InChI is InChI=1S/C12H18N2O/c1-9-3-5-11(6-4-9)7-12(15)14-10(2)8-13/h3-6,10H,7-8,13H2,1-2H3,(H,14,15)/t10-/m0/s1. The van der Waals surface area contributed by atoms with Crippen LogP contribution in [0.2, 0.25) is 0 Å². The van der Waals surface area contributed by atoms with Crippen LogP contribution in [-0.2, 0) is 11.2 Å². The van der Waals surface area contributed by atoms with Crippen LogP contribution < -0.4 is 11.1 Å². The molecule has 0 saturated heterocycles. The Hall–Kier alpha value is -1.35. The lowest BCUT2D eigenvalue weighted by molar-refractivity contribution is -0.120. The summed E-state index contributed by atoms with van der Waals surface area (Å²) in [6.45, 7) is 4.40. The van der Waals surface area contributed by atoms with Gasteiger partial charge in [-0.1, -0.05) is 29.8 Å². The number of aryl methyl sites for hydroxylation is 1. The minimum Gasteiger partial charge on any atom is -0.352 e. The number of carbonyl (C=O) groups excluding carboxylic acids is 1. The first-order valence-electron chi connectivity index (χ1n) is 5.17. The quantitative estimate of drug-likeness (QED) is 0.772. The van der Waals surface area contributed by atoms with Crippen LogP contribution in [0.1, 0.15) is 18.1 Å². The molecule has 1 atom stereocenters. The average molecular weight is 206 g/mol. The second kappa shape index (κ2) is 5.51. The van der Waals surface area contributed by atoms with E-state index >= 15 is 0 Å². The number of rotatable bonds is 4. The summed E-state index contributed by atoms with van der Waals surface area (Å²) in [5, 5.41) is 2.83. The summed E-state index contributed by atoms with van der Waals surface area (Å²) < 4.78 is 0. The molecule has 0 radical (unpaired) electrons. The van der Waals surface area contributed by atoms with E-state index in [9.17, 15) is 4.79 Å². The highest BCUT2D eigenvalue weighted by atomic mass is 16.1. The molecular formula is C12H18N2O. The van der Waals surface area contributed by atoms with Crippen molar-refractivity contribution in [1.29, 1.82) is 0 Å². The average Bonchev–Trinajstić information content (AvgIpc) is 2.21. The van der Waals surface area contributed by atoms with E-state index in [4.69, 9.17) is 5.73 Å². The third kappa shape index (κ3) is 4.13. The molecule has 1 amide bonds. The number of carbonyl (C=O) groups is 1. The molecule has 82 valence electrons. The highest BCUT2D eigenvalue weighted by Crippen LogP contribution is 2.03. The van der Waals surface area contributed by atoms with Gasteiger partial charge in [0.05, 0.1) is 6.42 Å². The van der Waals surface area contributed by atoms with Crippen LogP contribution in [0.15, 0.2) is 24.3 Å². The van der Waals surface area contributed by atoms with E-state index in [2.05, 4.69) is 5.32 Å². The minimum absolute atomic E-state index is 0.0248. The van der Waals surface area contributed by atoms with Crippen molar-refractivity contribution in [2.45, 2.75) is 26.3 Å². The molecule has 3 N–H and O–H groups in total. The van der Waals surface area contributed by atoms with E-state index in [0.29, 0.717) is 13.0 Å². The first-order valence-corrected chi connectivity index (χ1v) is 5.17. The second-order valence-corrected chi connectivity index (χ2v) is 3.87. The molecule has 0 aliphatic heterocycles. The Morgan fingerprint density at radius 2 is 2.00 bits per heavy atom. The molecule has 1 aromatic rings. The zero-order chi connectivity index (χ0) is 11.3. The number of benzene rings is 1. The summed E-state index contributed by atoms with van der Waals surface area (Å²) in [6, 6.07) is 8.01. The van der Waals surface area contributed by atoms with Crippen LogP contribution in [0.3, 0.4) is 0 Å². The van der Waals surface area contributed by atoms with Crippen LogP contribution in [0.25, 0.3) is 0 Å². The molecule has 0 fully saturated rings. The number of amides is 1. The lowest BCUT2D eigenvalue weighted by Gasteiger charge is -2.11. The molecule has 3 nitrogen and oxygen atoms in total. The summed E-state index contributed by atoms with van der Waals surface area (Å²) in [4.78, 5) is 11.5. The highest BCUT2D eigenvalue weighted by molar-refractivity contribution is 5.78. The molecular weight excluding hydrogens is 188 g/mol. The second-order valence-electron chi connectivity index (χ2n) is 3.87. The number of hydrogen-bond acceptors (Lipinski definition) is 2. The number of nitrogens with two attached hydrogens (primary N) is 1. The molecule has 0 aliphatic rings. The van der Waals surface area contributed by atoms with Gasteiger partial charge in [0.25, 0.3) is 0 Å². The lowest BCUT2D eigenvalue weighted by atomic mass is 10.1. The zero-order valence-electron chi connectivity index (χ0n) is 9.29. The smallest absolute Gasteiger partial charge is 0.224 e. The monoisotopic (exact) mass is 206 g/mol. The van der Waals surface area contributed by atoms with Crippen molar-refractivity contribution < 1.29 is 4.79 Å². The van der Waals surface area contributed by atoms with E-state index in [1.165, 1.54) is 5.56 Å². The maximum absolute atomic E-state index is 11.5. The molecule has 0 aromatic heterocycles. The summed E-state index contributed by atoms with van der Waals surface area (Å²) in [6.07, 6.45) is 0.421. The van der Waals surface area contributed by atoms with Gasteiger partial charge < -0.3 is 11.1 Å². The number of hydrogen-bond donors (Lipinski definition) is 2. The van der Waals surface area contributed by atoms with Crippen molar-refractivity contribution in [2.24, 2.45) is 5.73 Å². The Bertz CT molecular complexity index is 319. The molecule has 0 spiro atoms. The number of nitrogens with one attached hydrogen (secondary N) is 1. The van der Waals surface area contributed by atoms with Crippen LogP contribution in [0.5, 0.6) is 0 Å². The fourth-order valence-electron chi connectivity index (χ4n) is 1.28. The van der Waals surface area contributed by atoms with Gasteiger partial charge >= 0.3 is 0 Å². The van der Waals surface area contributed by atoms with Gasteiger partial charge in [-0.25, -0.2) is 0 Å². The fourth-order valence-corrected chi connectivity index (χ4v) is 1.28. The van der Waals surface area contributed by atoms with Crippen molar-refractivity contribution in [3.8, 4) is 0 Å². The first-order chi connectivity index (χ1) is 7.11. The zero-order valence-corrected chi connectivity index (χ0v) is 9.29. The predicted octanol–water partition coefficient (Wildman–Crippen LogP) is 1.00. The van der Waals surface area contributed by atoms with E-state index in [1.807, 2.05) is 38.1 Å². The summed E-state index contributed by atoms with van der Waals surface area (Å²) in [7, 11) is 0. The Labute approximate surface area is 90.7 Å². The van der Waals surface area contributed by atoms with Gasteiger partial charge in [-0.3, -0.25) is 4.79 Å². The topological polar surface area (TPSA) is 55.1 Å². The van der Waals surface area contributed by atoms with E-state index in [1.54, 1.807) is 0 Å². The molecule has 1 rings (SSSR count). The van der Waals surface area contributed by atoms with E-state index in [-0.39, 0.29) is 11.9 Å². The van der Waals surface area contributed by atoms with Crippen LogP contribution in [0.4, 0.5) is 0 Å². The third-order valence-corrected chi connectivity index (χ3v) is 2.25. The molecule has 0 saturated carbocycles. The predicted molar refractivity (Wildman–Crippen MR) is 61.5 cm³/mol. The highest BCUT2D eigenvalue weighted by Gasteiger charge is 2.06. The van der Waals surface area contributed by atoms with Gasteiger partial charge in [0.15, 0.2) is 0 Å². The molecule has 3 heteroatoms. The Morgan fingerprint density at radius 1 is 1.40 bits per heavy atom. The van der Waals surface area contributed by atoms with Crippen molar-refractivity contribution in [1.82, 2.24) is 5.32 Å². The van der Waals surface area contributed by atoms with Crippen molar-refractivity contribution >= 4 is 5.91 Å². The van der Waals surface area contributed by atoms with Crippen LogP contribution in [0, 0.1) is 6.92 Å². The van der Waals surface area contributed by atoms with Crippen LogP contribution in [-0.4, -0.2) is 18.5 Å². The van der Waals surface area contributed by atoms with Gasteiger partial charge in [-0.15, -0.1) is 0 Å². The Balaban J connectivity index is 2.48. The van der Waals surface area contributed by atoms with Gasteiger partial charge in [-0.05, 0) is 19.4 Å². The SMILES string of the molecule is Cc1ccc(CC(=O)N[C@@H](C)CN)cc1. The lowest BCUT2D eigenvalue weighted by Crippen LogP contribution is -2.38. The minimum atomic E-state index is 0.0248. The molecule has 0 aliphatic carbocycles. The van der Waals surface area contributed by atoms with E-state index < -0.39 is 0 Å². The summed E-state index contributed by atoms with van der Waals surface area (Å²) >= 11 is 0. The molecule has 1 aromatic carbocycles.